The molecule has 2 nitrogen and oxygen atoms in total. The number of fused-ring (bicyclic) bond motifs is 2. The van der Waals surface area contributed by atoms with Gasteiger partial charge in [-0.3, -0.25) is 4.99 Å². The van der Waals surface area contributed by atoms with Crippen molar-refractivity contribution in [3.05, 3.63) is 63.1 Å². The van der Waals surface area contributed by atoms with E-state index in [4.69, 9.17) is 28.2 Å². The standard InChI is InChI=1S/C22H22Cl2N2/c1-13(25-16-4-5-16)14-2-7-20-18(10-14)22(8-9-22)12-21(26-20)17-11-15(23)3-6-19(17)24/h2-3,6-7,10-11,16,21,26H,4-5,8-9,12H2,1H3. The minimum absolute atomic E-state index is 0.211. The van der Waals surface area contributed by atoms with Crippen molar-refractivity contribution in [1.29, 1.82) is 0 Å². The Morgan fingerprint density at radius 2 is 1.92 bits per heavy atom. The van der Waals surface area contributed by atoms with E-state index in [9.17, 15) is 0 Å². The molecule has 0 aromatic heterocycles. The highest BCUT2D eigenvalue weighted by Crippen LogP contribution is 2.59. The van der Waals surface area contributed by atoms with Crippen molar-refractivity contribution in [2.45, 2.75) is 56.5 Å². The summed E-state index contributed by atoms with van der Waals surface area (Å²) in [5, 5.41) is 5.24. The van der Waals surface area contributed by atoms with E-state index in [1.54, 1.807) is 0 Å². The molecule has 1 spiro atoms. The predicted octanol–water partition coefficient (Wildman–Crippen LogP) is 6.55. The van der Waals surface area contributed by atoms with Crippen LogP contribution in [0.25, 0.3) is 0 Å². The van der Waals surface area contributed by atoms with Crippen molar-refractivity contribution in [3.63, 3.8) is 0 Å². The number of nitrogens with zero attached hydrogens (tertiary/aromatic N) is 1. The van der Waals surface area contributed by atoms with Crippen LogP contribution >= 0.6 is 23.2 Å². The van der Waals surface area contributed by atoms with Gasteiger partial charge in [0.05, 0.1) is 12.1 Å². The molecule has 2 saturated carbocycles. The maximum atomic E-state index is 6.48. The fourth-order valence-corrected chi connectivity index (χ4v) is 4.65. The normalized spacial score (nSPS) is 23.5. The van der Waals surface area contributed by atoms with Crippen molar-refractivity contribution in [2.75, 3.05) is 5.32 Å². The number of halogens is 2. The second kappa shape index (κ2) is 6.00. The zero-order chi connectivity index (χ0) is 17.9. The third-order valence-corrected chi connectivity index (χ3v) is 6.62. The molecular formula is C22H22Cl2N2. The number of aliphatic imine (C=N–C) groups is 1. The van der Waals surface area contributed by atoms with Crippen molar-refractivity contribution in [1.82, 2.24) is 0 Å². The van der Waals surface area contributed by atoms with Gasteiger partial charge in [-0.2, -0.15) is 0 Å². The first-order valence-corrected chi connectivity index (χ1v) is 10.2. The summed E-state index contributed by atoms with van der Waals surface area (Å²) in [5.74, 6) is 0. The van der Waals surface area contributed by atoms with E-state index in [1.807, 2.05) is 18.2 Å². The Hall–Kier alpha value is -1.51. The number of hydrogen-bond acceptors (Lipinski definition) is 2. The van der Waals surface area contributed by atoms with Crippen molar-refractivity contribution in [3.8, 4) is 0 Å². The first kappa shape index (κ1) is 16.6. The van der Waals surface area contributed by atoms with Crippen LogP contribution in [0, 0.1) is 0 Å². The molecule has 1 atom stereocenters. The van der Waals surface area contributed by atoms with Crippen LogP contribution in [0.4, 0.5) is 5.69 Å². The lowest BCUT2D eigenvalue weighted by Crippen LogP contribution is -2.26. The summed E-state index contributed by atoms with van der Waals surface area (Å²) in [6, 6.07) is 13.3. The molecule has 134 valence electrons. The van der Waals surface area contributed by atoms with Gasteiger partial charge < -0.3 is 5.32 Å². The average Bonchev–Trinajstić information content (AvgIpc) is 3.55. The molecule has 1 unspecified atom stereocenters. The summed E-state index contributed by atoms with van der Waals surface area (Å²) < 4.78 is 0. The van der Waals surface area contributed by atoms with Gasteiger partial charge in [0.25, 0.3) is 0 Å². The molecule has 26 heavy (non-hydrogen) atoms. The molecular weight excluding hydrogens is 363 g/mol. The lowest BCUT2D eigenvalue weighted by atomic mass is 9.81. The summed E-state index contributed by atoms with van der Waals surface area (Å²) in [5.41, 5.74) is 6.51. The maximum Gasteiger partial charge on any atom is 0.0537 e. The van der Waals surface area contributed by atoms with Gasteiger partial charge in [0.15, 0.2) is 0 Å². The van der Waals surface area contributed by atoms with Crippen LogP contribution in [0.1, 0.15) is 61.8 Å². The first-order valence-electron chi connectivity index (χ1n) is 9.45. The highest BCUT2D eigenvalue weighted by molar-refractivity contribution is 6.33. The Balaban J connectivity index is 1.51. The van der Waals surface area contributed by atoms with E-state index in [0.717, 1.165) is 22.0 Å². The van der Waals surface area contributed by atoms with Gasteiger partial charge in [0, 0.05) is 21.4 Å². The molecule has 2 aliphatic carbocycles. The number of nitrogens with one attached hydrogen (secondary N) is 1. The second-order valence-corrected chi connectivity index (χ2v) is 8.90. The third kappa shape index (κ3) is 2.93. The van der Waals surface area contributed by atoms with Gasteiger partial charge in [-0.1, -0.05) is 29.3 Å². The first-order chi connectivity index (χ1) is 12.5. The maximum absolute atomic E-state index is 6.48. The van der Waals surface area contributed by atoms with Crippen LogP contribution in [-0.2, 0) is 5.41 Å². The minimum atomic E-state index is 0.211. The van der Waals surface area contributed by atoms with Gasteiger partial charge in [0.1, 0.15) is 0 Å². The predicted molar refractivity (Wildman–Crippen MR) is 110 cm³/mol. The Labute approximate surface area is 164 Å². The number of rotatable bonds is 3. The molecule has 1 aliphatic heterocycles. The molecule has 4 heteroatoms. The Kier molecular flexibility index (Phi) is 3.84. The monoisotopic (exact) mass is 384 g/mol. The molecule has 2 aromatic rings. The second-order valence-electron chi connectivity index (χ2n) is 8.05. The average molecular weight is 385 g/mol. The fourth-order valence-electron chi connectivity index (χ4n) is 4.22. The summed E-state index contributed by atoms with van der Waals surface area (Å²) in [7, 11) is 0. The SMILES string of the molecule is CC(=NC1CC1)c1ccc2c(c1)C1(CC1)CC(c1cc(Cl)ccc1Cl)N2. The van der Waals surface area contributed by atoms with E-state index < -0.39 is 0 Å². The molecule has 0 bridgehead atoms. The highest BCUT2D eigenvalue weighted by atomic mass is 35.5. The van der Waals surface area contributed by atoms with Crippen LogP contribution in [0.15, 0.2) is 41.4 Å². The minimum Gasteiger partial charge on any atom is -0.378 e. The summed E-state index contributed by atoms with van der Waals surface area (Å²) in [6.45, 7) is 2.14. The van der Waals surface area contributed by atoms with Gasteiger partial charge in [0.2, 0.25) is 0 Å². The zero-order valence-electron chi connectivity index (χ0n) is 14.9. The van der Waals surface area contributed by atoms with Crippen molar-refractivity contribution in [2.24, 2.45) is 4.99 Å². The number of benzene rings is 2. The Morgan fingerprint density at radius 1 is 1.12 bits per heavy atom. The van der Waals surface area contributed by atoms with Crippen LogP contribution in [0.5, 0.6) is 0 Å². The van der Waals surface area contributed by atoms with Gasteiger partial charge >= 0.3 is 0 Å². The van der Waals surface area contributed by atoms with E-state index in [0.29, 0.717) is 6.04 Å². The van der Waals surface area contributed by atoms with Crippen LogP contribution in [0.3, 0.4) is 0 Å². The lowest BCUT2D eigenvalue weighted by molar-refractivity contribution is 0.533. The van der Waals surface area contributed by atoms with Crippen LogP contribution < -0.4 is 5.32 Å². The smallest absolute Gasteiger partial charge is 0.0537 e. The van der Waals surface area contributed by atoms with Crippen LogP contribution in [0.2, 0.25) is 10.0 Å². The molecule has 2 fully saturated rings. The summed E-state index contributed by atoms with van der Waals surface area (Å²) in [6.07, 6.45) is 6.06. The number of anilines is 1. The molecule has 0 radical (unpaired) electrons. The highest BCUT2D eigenvalue weighted by Gasteiger charge is 2.50. The molecule has 1 heterocycles. The fraction of sp³-hybridized carbons (Fsp3) is 0.409. The number of hydrogen-bond donors (Lipinski definition) is 1. The van der Waals surface area contributed by atoms with E-state index in [2.05, 4.69) is 30.4 Å². The van der Waals surface area contributed by atoms with E-state index >= 15 is 0 Å². The van der Waals surface area contributed by atoms with Gasteiger partial charge in [-0.25, -0.2) is 0 Å². The molecule has 5 rings (SSSR count). The lowest BCUT2D eigenvalue weighted by Gasteiger charge is -2.34. The zero-order valence-corrected chi connectivity index (χ0v) is 16.4. The molecule has 3 aliphatic rings. The third-order valence-electron chi connectivity index (χ3n) is 6.04. The molecule has 0 saturated heterocycles. The topological polar surface area (TPSA) is 24.4 Å². The quantitative estimate of drug-likeness (QED) is 0.595. The van der Waals surface area contributed by atoms with E-state index in [-0.39, 0.29) is 11.5 Å². The largest absolute Gasteiger partial charge is 0.378 e. The van der Waals surface area contributed by atoms with Gasteiger partial charge in [-0.15, -0.1) is 0 Å². The van der Waals surface area contributed by atoms with E-state index in [1.165, 1.54) is 48.2 Å². The van der Waals surface area contributed by atoms with Crippen molar-refractivity contribution < 1.29 is 0 Å². The van der Waals surface area contributed by atoms with Crippen molar-refractivity contribution >= 4 is 34.6 Å². The Bertz CT molecular complexity index is 910. The molecule has 2 aromatic carbocycles. The molecule has 1 N–H and O–H groups in total. The van der Waals surface area contributed by atoms with Crippen LogP contribution in [-0.4, -0.2) is 11.8 Å². The summed E-state index contributed by atoms with van der Waals surface area (Å²) in [4.78, 5) is 4.82. The molecule has 0 amide bonds. The van der Waals surface area contributed by atoms with Gasteiger partial charge in [-0.05, 0) is 91.5 Å². The summed E-state index contributed by atoms with van der Waals surface area (Å²) >= 11 is 12.7. The Morgan fingerprint density at radius 3 is 2.65 bits per heavy atom.